The monoisotopic (exact) mass is 356 g/mol. The summed E-state index contributed by atoms with van der Waals surface area (Å²) in [4.78, 5) is 29.2. The largest absolute Gasteiger partial charge is 0.465 e. The summed E-state index contributed by atoms with van der Waals surface area (Å²) >= 11 is 1.49. The maximum absolute atomic E-state index is 12.5. The Morgan fingerprint density at radius 2 is 2.04 bits per heavy atom. The first-order valence-corrected chi connectivity index (χ1v) is 8.39. The predicted molar refractivity (Wildman–Crippen MR) is 95.0 cm³/mol. The van der Waals surface area contributed by atoms with Gasteiger partial charge in [-0.2, -0.15) is 0 Å². The fourth-order valence-corrected chi connectivity index (χ4v) is 2.99. The first-order valence-electron chi connectivity index (χ1n) is 7.51. The molecule has 0 aliphatic heterocycles. The van der Waals surface area contributed by atoms with Crippen LogP contribution in [0, 0.1) is 13.8 Å². The van der Waals surface area contributed by atoms with E-state index < -0.39 is 5.97 Å². The van der Waals surface area contributed by atoms with Gasteiger partial charge in [0.05, 0.1) is 17.6 Å². The first-order chi connectivity index (χ1) is 12.0. The Morgan fingerprint density at radius 3 is 2.68 bits per heavy atom. The van der Waals surface area contributed by atoms with Gasteiger partial charge >= 0.3 is 5.97 Å². The number of nitrogens with zero attached hydrogens (tertiary/aromatic N) is 1. The number of rotatable bonds is 4. The molecular formula is C18H16N2O4S. The summed E-state index contributed by atoms with van der Waals surface area (Å²) in [6, 6.07) is 8.70. The average molecular weight is 356 g/mol. The maximum atomic E-state index is 12.5. The van der Waals surface area contributed by atoms with E-state index >= 15 is 0 Å². The lowest BCUT2D eigenvalue weighted by atomic mass is 10.1. The molecule has 0 fully saturated rings. The zero-order valence-electron chi connectivity index (χ0n) is 14.0. The van der Waals surface area contributed by atoms with E-state index in [1.54, 1.807) is 32.0 Å². The van der Waals surface area contributed by atoms with Crippen LogP contribution in [0.4, 0.5) is 5.69 Å². The number of hydrogen-bond acceptors (Lipinski definition) is 6. The Balaban J connectivity index is 1.82. The van der Waals surface area contributed by atoms with Crippen molar-refractivity contribution in [1.82, 2.24) is 4.98 Å². The van der Waals surface area contributed by atoms with E-state index in [9.17, 15) is 9.59 Å². The van der Waals surface area contributed by atoms with Crippen LogP contribution in [0.1, 0.15) is 32.2 Å². The molecule has 0 aliphatic carbocycles. The highest BCUT2D eigenvalue weighted by Crippen LogP contribution is 2.26. The number of aryl methyl sites for hydroxylation is 2. The molecule has 0 spiro atoms. The lowest BCUT2D eigenvalue weighted by Crippen LogP contribution is -2.14. The molecule has 1 amide bonds. The lowest BCUT2D eigenvalue weighted by Gasteiger charge is -2.08. The number of ether oxygens (including phenoxy) is 1. The van der Waals surface area contributed by atoms with E-state index in [1.165, 1.54) is 18.4 Å². The standard InChI is InChI=1S/C18H16N2O4S/c1-10-9-12(18(22)23-3)6-7-13(10)19-16(21)15-11(2)24-17(20-15)14-5-4-8-25-14/h4-9H,1-3H3,(H,19,21). The summed E-state index contributed by atoms with van der Waals surface area (Å²) in [7, 11) is 1.33. The van der Waals surface area contributed by atoms with E-state index in [-0.39, 0.29) is 11.6 Å². The number of thiophene rings is 1. The highest BCUT2D eigenvalue weighted by molar-refractivity contribution is 7.13. The van der Waals surface area contributed by atoms with Gasteiger partial charge in [0.15, 0.2) is 5.69 Å². The van der Waals surface area contributed by atoms with Crippen LogP contribution < -0.4 is 5.32 Å². The Bertz CT molecular complexity index is 929. The number of hydrogen-bond donors (Lipinski definition) is 1. The molecule has 1 N–H and O–H groups in total. The van der Waals surface area contributed by atoms with Crippen molar-refractivity contribution in [1.29, 1.82) is 0 Å². The predicted octanol–water partition coefficient (Wildman–Crippen LogP) is 4.06. The molecule has 1 aromatic carbocycles. The zero-order chi connectivity index (χ0) is 18.0. The van der Waals surface area contributed by atoms with Crippen LogP contribution in [0.3, 0.4) is 0 Å². The summed E-state index contributed by atoms with van der Waals surface area (Å²) in [5, 5.41) is 4.72. The topological polar surface area (TPSA) is 81.4 Å². The Kier molecular flexibility index (Phi) is 4.67. The van der Waals surface area contributed by atoms with Crippen LogP contribution in [0.5, 0.6) is 0 Å². The molecule has 128 valence electrons. The Morgan fingerprint density at radius 1 is 1.24 bits per heavy atom. The number of aromatic nitrogens is 1. The van der Waals surface area contributed by atoms with Gasteiger partial charge in [0, 0.05) is 5.69 Å². The molecule has 3 rings (SSSR count). The fraction of sp³-hybridized carbons (Fsp3) is 0.167. The highest BCUT2D eigenvalue weighted by Gasteiger charge is 2.19. The molecule has 0 radical (unpaired) electrons. The molecule has 6 nitrogen and oxygen atoms in total. The van der Waals surface area contributed by atoms with E-state index in [0.29, 0.717) is 22.9 Å². The second-order valence-corrected chi connectivity index (χ2v) is 6.32. The molecular weight excluding hydrogens is 340 g/mol. The van der Waals surface area contributed by atoms with Crippen molar-refractivity contribution in [2.45, 2.75) is 13.8 Å². The summed E-state index contributed by atoms with van der Waals surface area (Å²) < 4.78 is 10.3. The van der Waals surface area contributed by atoms with Crippen molar-refractivity contribution in [3.05, 3.63) is 58.3 Å². The van der Waals surface area contributed by atoms with Crippen LogP contribution >= 0.6 is 11.3 Å². The first kappa shape index (κ1) is 16.9. The van der Waals surface area contributed by atoms with Crippen LogP contribution in [0.25, 0.3) is 10.8 Å². The molecule has 2 heterocycles. The molecule has 25 heavy (non-hydrogen) atoms. The molecule has 0 unspecified atom stereocenters. The van der Waals surface area contributed by atoms with Crippen molar-refractivity contribution in [3.8, 4) is 10.8 Å². The fourth-order valence-electron chi connectivity index (χ4n) is 2.34. The van der Waals surface area contributed by atoms with Crippen LogP contribution in [-0.2, 0) is 4.74 Å². The lowest BCUT2D eigenvalue weighted by molar-refractivity contribution is 0.0600. The van der Waals surface area contributed by atoms with Gasteiger partial charge in [0.2, 0.25) is 5.89 Å². The van der Waals surface area contributed by atoms with E-state index in [2.05, 4.69) is 15.0 Å². The van der Waals surface area contributed by atoms with Crippen molar-refractivity contribution in [2.75, 3.05) is 12.4 Å². The van der Waals surface area contributed by atoms with Crippen LogP contribution in [0.15, 0.2) is 40.1 Å². The summed E-state index contributed by atoms with van der Waals surface area (Å²) in [6.07, 6.45) is 0. The van der Waals surface area contributed by atoms with E-state index in [4.69, 9.17) is 4.42 Å². The summed E-state index contributed by atoms with van der Waals surface area (Å²) in [6.45, 7) is 3.50. The van der Waals surface area contributed by atoms with Gasteiger partial charge in [-0.25, -0.2) is 9.78 Å². The van der Waals surface area contributed by atoms with Crippen molar-refractivity contribution < 1.29 is 18.7 Å². The number of nitrogens with one attached hydrogen (secondary N) is 1. The molecule has 0 saturated carbocycles. The zero-order valence-corrected chi connectivity index (χ0v) is 14.8. The maximum Gasteiger partial charge on any atom is 0.337 e. The summed E-state index contributed by atoms with van der Waals surface area (Å²) in [5.41, 5.74) is 2.00. The van der Waals surface area contributed by atoms with Crippen molar-refractivity contribution >= 4 is 28.9 Å². The number of methoxy groups -OCH3 is 1. The minimum absolute atomic E-state index is 0.236. The Hall–Kier alpha value is -2.93. The average Bonchev–Trinajstić information content (AvgIpc) is 3.25. The highest BCUT2D eigenvalue weighted by atomic mass is 32.1. The van der Waals surface area contributed by atoms with Gasteiger partial charge < -0.3 is 14.5 Å². The number of carbonyl (C=O) groups is 2. The van der Waals surface area contributed by atoms with Gasteiger partial charge in [-0.15, -0.1) is 11.3 Å². The van der Waals surface area contributed by atoms with Crippen molar-refractivity contribution in [3.63, 3.8) is 0 Å². The normalized spacial score (nSPS) is 10.5. The SMILES string of the molecule is COC(=O)c1ccc(NC(=O)c2nc(-c3cccs3)oc2C)c(C)c1. The van der Waals surface area contributed by atoms with E-state index in [0.717, 1.165) is 10.4 Å². The third-order valence-corrected chi connectivity index (χ3v) is 4.50. The third kappa shape index (κ3) is 3.46. The second-order valence-electron chi connectivity index (χ2n) is 5.38. The Labute approximate surface area is 148 Å². The van der Waals surface area contributed by atoms with Gasteiger partial charge in [-0.1, -0.05) is 6.07 Å². The number of benzene rings is 1. The molecule has 0 atom stereocenters. The van der Waals surface area contributed by atoms with Gasteiger partial charge in [-0.3, -0.25) is 4.79 Å². The second kappa shape index (κ2) is 6.90. The number of anilines is 1. The molecule has 0 aliphatic rings. The number of oxazole rings is 1. The number of amides is 1. The smallest absolute Gasteiger partial charge is 0.337 e. The van der Waals surface area contributed by atoms with Crippen LogP contribution in [0.2, 0.25) is 0 Å². The molecule has 3 aromatic rings. The third-order valence-electron chi connectivity index (χ3n) is 3.64. The minimum atomic E-state index is -0.422. The number of esters is 1. The molecule has 7 heteroatoms. The molecule has 2 aromatic heterocycles. The van der Waals surface area contributed by atoms with Gasteiger partial charge in [0.1, 0.15) is 5.76 Å². The molecule has 0 saturated heterocycles. The summed E-state index contributed by atoms with van der Waals surface area (Å²) in [5.74, 6) is 0.0898. The van der Waals surface area contributed by atoms with Crippen LogP contribution in [-0.4, -0.2) is 24.0 Å². The van der Waals surface area contributed by atoms with Gasteiger partial charge in [0.25, 0.3) is 5.91 Å². The van der Waals surface area contributed by atoms with E-state index in [1.807, 2.05) is 17.5 Å². The quantitative estimate of drug-likeness (QED) is 0.713. The minimum Gasteiger partial charge on any atom is -0.465 e. The number of carbonyl (C=O) groups excluding carboxylic acids is 2. The molecule has 0 bridgehead atoms. The van der Waals surface area contributed by atoms with Gasteiger partial charge in [-0.05, 0) is 49.1 Å². The van der Waals surface area contributed by atoms with Crippen molar-refractivity contribution in [2.24, 2.45) is 0 Å².